The molecule has 0 unspecified atom stereocenters. The van der Waals surface area contributed by atoms with Gasteiger partial charge in [-0.2, -0.15) is 4.98 Å². The number of hydrogen-bond donors (Lipinski definition) is 0. The molecule has 0 aliphatic rings. The lowest BCUT2D eigenvalue weighted by Crippen LogP contribution is -2.19. The minimum atomic E-state index is 0.340. The summed E-state index contributed by atoms with van der Waals surface area (Å²) in [5.74, 6) is 1.89. The first-order valence-electron chi connectivity index (χ1n) is 5.90. The van der Waals surface area contributed by atoms with Crippen LogP contribution in [0.5, 0.6) is 0 Å². The molecule has 18 heavy (non-hydrogen) atoms. The van der Waals surface area contributed by atoms with Crippen molar-refractivity contribution in [3.05, 3.63) is 36.0 Å². The molecule has 0 spiro atoms. The summed E-state index contributed by atoms with van der Waals surface area (Å²) in [6.45, 7) is 5.54. The second kappa shape index (κ2) is 5.68. The van der Waals surface area contributed by atoms with Gasteiger partial charge in [-0.1, -0.05) is 19.0 Å². The van der Waals surface area contributed by atoms with E-state index in [-0.39, 0.29) is 0 Å². The van der Waals surface area contributed by atoms with E-state index >= 15 is 0 Å². The molecule has 96 valence electrons. The molecular formula is C12H17N5O. The molecular weight excluding hydrogens is 230 g/mol. The van der Waals surface area contributed by atoms with Crippen molar-refractivity contribution in [2.45, 2.75) is 32.9 Å². The highest BCUT2D eigenvalue weighted by Gasteiger charge is 2.08. The van der Waals surface area contributed by atoms with Crippen molar-refractivity contribution in [2.24, 2.45) is 0 Å². The molecule has 0 N–H and O–H groups in total. The summed E-state index contributed by atoms with van der Waals surface area (Å²) >= 11 is 0. The largest absolute Gasteiger partial charge is 0.343 e. The Morgan fingerprint density at radius 2 is 2.11 bits per heavy atom. The first-order valence-corrected chi connectivity index (χ1v) is 5.90. The smallest absolute Gasteiger partial charge is 0.213 e. The lowest BCUT2D eigenvalue weighted by molar-refractivity contribution is 0.297. The topological polar surface area (TPSA) is 67.9 Å². The van der Waals surface area contributed by atoms with Gasteiger partial charge >= 0.3 is 0 Å². The fraction of sp³-hybridized carbons (Fsp3) is 0.500. The number of aromatic nitrogens is 4. The summed E-state index contributed by atoms with van der Waals surface area (Å²) in [6.07, 6.45) is 3.14. The summed E-state index contributed by atoms with van der Waals surface area (Å²) in [7, 11) is 1.99. The highest BCUT2D eigenvalue weighted by atomic mass is 16.5. The van der Waals surface area contributed by atoms with Crippen LogP contribution >= 0.6 is 0 Å². The Balaban J connectivity index is 1.98. The van der Waals surface area contributed by atoms with Crippen LogP contribution in [0.3, 0.4) is 0 Å². The fourth-order valence-electron chi connectivity index (χ4n) is 1.62. The molecule has 0 amide bonds. The number of hydrogen-bond acceptors (Lipinski definition) is 6. The second-order valence-corrected chi connectivity index (χ2v) is 4.58. The Labute approximate surface area is 106 Å². The molecule has 0 saturated carbocycles. The molecule has 6 heteroatoms. The molecule has 0 saturated heterocycles. The molecule has 2 rings (SSSR count). The van der Waals surface area contributed by atoms with Gasteiger partial charge in [-0.15, -0.1) is 0 Å². The van der Waals surface area contributed by atoms with Crippen molar-refractivity contribution in [1.82, 2.24) is 25.0 Å². The highest BCUT2D eigenvalue weighted by molar-refractivity contribution is 5.04. The summed E-state index contributed by atoms with van der Waals surface area (Å²) in [5, 5.41) is 3.78. The second-order valence-electron chi connectivity index (χ2n) is 4.58. The van der Waals surface area contributed by atoms with Crippen LogP contribution in [0.25, 0.3) is 0 Å². The van der Waals surface area contributed by atoms with Crippen molar-refractivity contribution in [3.8, 4) is 0 Å². The van der Waals surface area contributed by atoms with Gasteiger partial charge in [0.2, 0.25) is 6.39 Å². The average molecular weight is 247 g/mol. The van der Waals surface area contributed by atoms with Gasteiger partial charge in [0.1, 0.15) is 5.82 Å². The molecule has 6 nitrogen and oxygen atoms in total. The van der Waals surface area contributed by atoms with E-state index in [0.29, 0.717) is 18.3 Å². The minimum Gasteiger partial charge on any atom is -0.343 e. The molecule has 2 aromatic heterocycles. The van der Waals surface area contributed by atoms with Crippen molar-refractivity contribution >= 4 is 0 Å². The zero-order chi connectivity index (χ0) is 13.0. The first-order chi connectivity index (χ1) is 8.65. The van der Waals surface area contributed by atoms with Crippen LogP contribution in [-0.4, -0.2) is 32.1 Å². The zero-order valence-corrected chi connectivity index (χ0v) is 10.9. The highest BCUT2D eigenvalue weighted by Crippen LogP contribution is 2.09. The van der Waals surface area contributed by atoms with Gasteiger partial charge in [-0.3, -0.25) is 4.90 Å². The van der Waals surface area contributed by atoms with E-state index in [4.69, 9.17) is 4.52 Å². The predicted octanol–water partition coefficient (Wildman–Crippen LogP) is 1.61. The molecule has 2 heterocycles. The number of rotatable bonds is 5. The Morgan fingerprint density at radius 3 is 2.78 bits per heavy atom. The molecule has 2 aromatic rings. The van der Waals surface area contributed by atoms with Crippen LogP contribution in [-0.2, 0) is 13.1 Å². The summed E-state index contributed by atoms with van der Waals surface area (Å²) in [4.78, 5) is 14.8. The van der Waals surface area contributed by atoms with Crippen molar-refractivity contribution in [3.63, 3.8) is 0 Å². The van der Waals surface area contributed by atoms with Crippen molar-refractivity contribution < 1.29 is 4.52 Å². The monoisotopic (exact) mass is 247 g/mol. The zero-order valence-electron chi connectivity index (χ0n) is 10.9. The van der Waals surface area contributed by atoms with E-state index in [2.05, 4.69) is 38.9 Å². The molecule has 0 aliphatic carbocycles. The normalized spacial score (nSPS) is 11.4. The van der Waals surface area contributed by atoms with Gasteiger partial charge in [0.15, 0.2) is 5.82 Å². The van der Waals surface area contributed by atoms with E-state index in [1.165, 1.54) is 6.39 Å². The third kappa shape index (κ3) is 3.33. The maximum atomic E-state index is 4.70. The van der Waals surface area contributed by atoms with E-state index in [9.17, 15) is 0 Å². The van der Waals surface area contributed by atoms with Gasteiger partial charge in [-0.25, -0.2) is 9.97 Å². The third-order valence-electron chi connectivity index (χ3n) is 2.50. The first kappa shape index (κ1) is 12.6. The third-order valence-corrected chi connectivity index (χ3v) is 2.50. The van der Waals surface area contributed by atoms with Crippen LogP contribution in [0.4, 0.5) is 0 Å². The van der Waals surface area contributed by atoms with E-state index in [1.54, 1.807) is 6.20 Å². The van der Waals surface area contributed by atoms with Crippen molar-refractivity contribution in [1.29, 1.82) is 0 Å². The average Bonchev–Trinajstić information content (AvgIpc) is 2.82. The summed E-state index contributed by atoms with van der Waals surface area (Å²) in [6, 6.07) is 1.93. The Morgan fingerprint density at radius 1 is 1.28 bits per heavy atom. The lowest BCUT2D eigenvalue weighted by atomic mass is 10.2. The van der Waals surface area contributed by atoms with Gasteiger partial charge in [-0.05, 0) is 13.1 Å². The molecule has 0 radical (unpaired) electrons. The van der Waals surface area contributed by atoms with Crippen LogP contribution in [0, 0.1) is 0 Å². The van der Waals surface area contributed by atoms with Crippen LogP contribution in [0.2, 0.25) is 0 Å². The van der Waals surface area contributed by atoms with Gasteiger partial charge < -0.3 is 4.52 Å². The maximum Gasteiger partial charge on any atom is 0.213 e. The Bertz CT molecular complexity index is 483. The fourth-order valence-corrected chi connectivity index (χ4v) is 1.62. The van der Waals surface area contributed by atoms with Crippen LogP contribution < -0.4 is 0 Å². The van der Waals surface area contributed by atoms with E-state index in [0.717, 1.165) is 18.1 Å². The lowest BCUT2D eigenvalue weighted by Gasteiger charge is -2.14. The predicted molar refractivity (Wildman–Crippen MR) is 65.6 cm³/mol. The SMILES string of the molecule is CC(C)c1nccc(CN(C)Cc2ncon2)n1. The van der Waals surface area contributed by atoms with Gasteiger partial charge in [0.25, 0.3) is 0 Å². The Kier molecular flexibility index (Phi) is 3.99. The van der Waals surface area contributed by atoms with Gasteiger partial charge in [0.05, 0.1) is 12.2 Å². The summed E-state index contributed by atoms with van der Waals surface area (Å²) < 4.78 is 4.70. The molecule has 0 atom stereocenters. The standard InChI is InChI=1S/C12H17N5O/c1-9(2)12-13-5-4-10(15-12)6-17(3)7-11-14-8-18-16-11/h4-5,8-9H,6-7H2,1-3H3. The van der Waals surface area contributed by atoms with Crippen molar-refractivity contribution in [2.75, 3.05) is 7.05 Å². The summed E-state index contributed by atoms with van der Waals surface area (Å²) in [5.41, 5.74) is 1.000. The molecule has 0 aromatic carbocycles. The maximum absolute atomic E-state index is 4.70. The number of nitrogens with zero attached hydrogens (tertiary/aromatic N) is 5. The molecule has 0 bridgehead atoms. The van der Waals surface area contributed by atoms with E-state index in [1.807, 2.05) is 13.1 Å². The van der Waals surface area contributed by atoms with Gasteiger partial charge in [0, 0.05) is 18.7 Å². The minimum absolute atomic E-state index is 0.340. The quantitative estimate of drug-likeness (QED) is 0.799. The van der Waals surface area contributed by atoms with Crippen LogP contribution in [0.1, 0.15) is 37.1 Å². The van der Waals surface area contributed by atoms with E-state index < -0.39 is 0 Å². The molecule has 0 fully saturated rings. The molecule has 0 aliphatic heterocycles. The Hall–Kier alpha value is -1.82. The van der Waals surface area contributed by atoms with Crippen LogP contribution in [0.15, 0.2) is 23.2 Å².